The second-order valence-corrected chi connectivity index (χ2v) is 5.60. The van der Waals surface area contributed by atoms with Gasteiger partial charge >= 0.3 is 18.1 Å². The van der Waals surface area contributed by atoms with Gasteiger partial charge in [-0.1, -0.05) is 6.42 Å². The van der Waals surface area contributed by atoms with E-state index in [1.54, 1.807) is 0 Å². The summed E-state index contributed by atoms with van der Waals surface area (Å²) in [5.74, 6) is -3.22. The SMILES string of the molecule is O=C(N1CCCC(O)(C2(C(=O)O)CCC2)C1)C(F)(F)F. The first kappa shape index (κ1) is 15.1. The lowest BCUT2D eigenvalue weighted by Gasteiger charge is -2.53. The highest BCUT2D eigenvalue weighted by atomic mass is 19.4. The molecule has 0 spiro atoms. The number of amides is 1. The van der Waals surface area contributed by atoms with Gasteiger partial charge in [0.05, 0.1) is 17.6 Å². The molecule has 0 radical (unpaired) electrons. The number of carboxylic acids is 1. The van der Waals surface area contributed by atoms with Crippen molar-refractivity contribution in [3.8, 4) is 0 Å². The highest BCUT2D eigenvalue weighted by Gasteiger charge is 2.61. The van der Waals surface area contributed by atoms with E-state index in [1.807, 2.05) is 0 Å². The fourth-order valence-corrected chi connectivity index (χ4v) is 3.19. The van der Waals surface area contributed by atoms with Gasteiger partial charge in [0, 0.05) is 6.54 Å². The molecule has 2 fully saturated rings. The summed E-state index contributed by atoms with van der Waals surface area (Å²) >= 11 is 0. The largest absolute Gasteiger partial charge is 0.481 e. The van der Waals surface area contributed by atoms with E-state index in [0.29, 0.717) is 11.3 Å². The molecular formula is C12H16F3NO4. The molecular weight excluding hydrogens is 279 g/mol. The van der Waals surface area contributed by atoms with E-state index in [1.165, 1.54) is 0 Å². The molecule has 20 heavy (non-hydrogen) atoms. The molecule has 8 heteroatoms. The highest BCUT2D eigenvalue weighted by molar-refractivity contribution is 5.82. The first-order chi connectivity index (χ1) is 9.12. The van der Waals surface area contributed by atoms with Gasteiger partial charge in [0.25, 0.3) is 0 Å². The maximum atomic E-state index is 12.4. The molecule has 0 aromatic carbocycles. The van der Waals surface area contributed by atoms with Gasteiger partial charge in [0.2, 0.25) is 0 Å². The van der Waals surface area contributed by atoms with E-state index in [-0.39, 0.29) is 32.2 Å². The van der Waals surface area contributed by atoms with Crippen molar-refractivity contribution in [1.82, 2.24) is 4.90 Å². The van der Waals surface area contributed by atoms with E-state index in [4.69, 9.17) is 0 Å². The number of carbonyl (C=O) groups is 2. The fourth-order valence-electron chi connectivity index (χ4n) is 3.19. The molecule has 2 rings (SSSR count). The predicted molar refractivity (Wildman–Crippen MR) is 60.7 cm³/mol. The Bertz CT molecular complexity index is 433. The van der Waals surface area contributed by atoms with Crippen LogP contribution < -0.4 is 0 Å². The number of halogens is 3. The monoisotopic (exact) mass is 295 g/mol. The lowest BCUT2D eigenvalue weighted by Crippen LogP contribution is -2.65. The van der Waals surface area contributed by atoms with Crippen LogP contribution in [0, 0.1) is 5.41 Å². The Balaban J connectivity index is 2.21. The summed E-state index contributed by atoms with van der Waals surface area (Å²) in [6.45, 7) is -0.687. The molecule has 114 valence electrons. The number of carboxylic acid groups (broad SMARTS) is 1. The number of alkyl halides is 3. The molecule has 5 nitrogen and oxygen atoms in total. The number of nitrogens with zero attached hydrogens (tertiary/aromatic N) is 1. The summed E-state index contributed by atoms with van der Waals surface area (Å²) in [4.78, 5) is 23.2. The van der Waals surface area contributed by atoms with Gasteiger partial charge in [0.15, 0.2) is 0 Å². The minimum absolute atomic E-state index is 0.0982. The lowest BCUT2D eigenvalue weighted by atomic mass is 9.56. The quantitative estimate of drug-likeness (QED) is 0.801. The maximum absolute atomic E-state index is 12.4. The van der Waals surface area contributed by atoms with E-state index in [0.717, 1.165) is 0 Å². The van der Waals surface area contributed by atoms with Gasteiger partial charge < -0.3 is 15.1 Å². The molecule has 0 aromatic rings. The van der Waals surface area contributed by atoms with Crippen molar-refractivity contribution in [3.63, 3.8) is 0 Å². The predicted octanol–water partition coefficient (Wildman–Crippen LogP) is 1.16. The van der Waals surface area contributed by atoms with Crippen molar-refractivity contribution in [3.05, 3.63) is 0 Å². The molecule has 1 saturated heterocycles. The molecule has 0 aromatic heterocycles. The van der Waals surface area contributed by atoms with Crippen molar-refractivity contribution in [2.75, 3.05) is 13.1 Å². The summed E-state index contributed by atoms with van der Waals surface area (Å²) in [5, 5.41) is 19.9. The summed E-state index contributed by atoms with van der Waals surface area (Å²) in [6, 6.07) is 0. The Kier molecular flexibility index (Phi) is 3.48. The number of carbonyl (C=O) groups excluding carboxylic acids is 1. The summed E-state index contributed by atoms with van der Waals surface area (Å²) in [5.41, 5.74) is -3.20. The number of aliphatic hydroxyl groups is 1. The number of rotatable bonds is 2. The topological polar surface area (TPSA) is 77.8 Å². The van der Waals surface area contributed by atoms with Crippen LogP contribution in [0.15, 0.2) is 0 Å². The normalized spacial score (nSPS) is 29.7. The first-order valence-corrected chi connectivity index (χ1v) is 6.44. The Morgan fingerprint density at radius 1 is 1.10 bits per heavy atom. The molecule has 1 aliphatic heterocycles. The van der Waals surface area contributed by atoms with Gasteiger partial charge in [-0.05, 0) is 25.7 Å². The zero-order chi connectivity index (χ0) is 15.2. The van der Waals surface area contributed by atoms with E-state index in [9.17, 15) is 33.0 Å². The van der Waals surface area contributed by atoms with E-state index < -0.39 is 35.6 Å². The van der Waals surface area contributed by atoms with Gasteiger partial charge in [-0.15, -0.1) is 0 Å². The molecule has 2 N–H and O–H groups in total. The molecule has 0 bridgehead atoms. The van der Waals surface area contributed by atoms with Crippen LogP contribution in [0.25, 0.3) is 0 Å². The van der Waals surface area contributed by atoms with Crippen molar-refractivity contribution < 1.29 is 33.0 Å². The fraction of sp³-hybridized carbons (Fsp3) is 0.833. The van der Waals surface area contributed by atoms with Crippen LogP contribution in [0.2, 0.25) is 0 Å². The van der Waals surface area contributed by atoms with Crippen LogP contribution in [0.5, 0.6) is 0 Å². The smallest absolute Gasteiger partial charge is 0.471 e. The van der Waals surface area contributed by atoms with Crippen LogP contribution in [-0.4, -0.2) is 51.9 Å². The number of hydrogen-bond donors (Lipinski definition) is 2. The van der Waals surface area contributed by atoms with E-state index in [2.05, 4.69) is 0 Å². The zero-order valence-corrected chi connectivity index (χ0v) is 10.7. The average molecular weight is 295 g/mol. The lowest BCUT2D eigenvalue weighted by molar-refractivity contribution is -0.209. The van der Waals surface area contributed by atoms with Crippen molar-refractivity contribution in [2.45, 2.75) is 43.9 Å². The second kappa shape index (κ2) is 4.61. The Morgan fingerprint density at radius 2 is 1.70 bits per heavy atom. The minimum atomic E-state index is -5.01. The van der Waals surface area contributed by atoms with Crippen LogP contribution in [0.1, 0.15) is 32.1 Å². The third kappa shape index (κ3) is 2.15. The van der Waals surface area contributed by atoms with Crippen molar-refractivity contribution >= 4 is 11.9 Å². The number of piperidine rings is 1. The third-order valence-corrected chi connectivity index (χ3v) is 4.51. The van der Waals surface area contributed by atoms with Gasteiger partial charge in [-0.2, -0.15) is 13.2 Å². The summed E-state index contributed by atoms with van der Waals surface area (Å²) in [7, 11) is 0. The van der Waals surface area contributed by atoms with Gasteiger partial charge in [-0.3, -0.25) is 9.59 Å². The molecule has 1 atom stereocenters. The summed E-state index contributed by atoms with van der Waals surface area (Å²) < 4.78 is 37.3. The van der Waals surface area contributed by atoms with Crippen LogP contribution in [0.3, 0.4) is 0 Å². The molecule has 1 amide bonds. The van der Waals surface area contributed by atoms with Crippen LogP contribution in [0.4, 0.5) is 13.2 Å². The maximum Gasteiger partial charge on any atom is 0.471 e. The highest BCUT2D eigenvalue weighted by Crippen LogP contribution is 2.52. The summed E-state index contributed by atoms with van der Waals surface area (Å²) in [6.07, 6.45) is -3.68. The second-order valence-electron chi connectivity index (χ2n) is 5.60. The molecule has 1 heterocycles. The number of likely N-dealkylation sites (tertiary alicyclic amines) is 1. The molecule has 1 saturated carbocycles. The van der Waals surface area contributed by atoms with Crippen molar-refractivity contribution in [1.29, 1.82) is 0 Å². The van der Waals surface area contributed by atoms with Gasteiger partial charge in [0.1, 0.15) is 0 Å². The number of aliphatic carboxylic acids is 1. The number of β-amino-alcohol motifs (C(OH)–C–C–N with tert-alkyl or cyclic N) is 1. The molecule has 1 unspecified atom stereocenters. The minimum Gasteiger partial charge on any atom is -0.481 e. The first-order valence-electron chi connectivity index (χ1n) is 6.44. The standard InChI is InChI=1S/C12H16F3NO4/c13-12(14,15)8(17)16-6-2-5-11(20,7-16)10(9(18)19)3-1-4-10/h20H,1-7H2,(H,18,19). The van der Waals surface area contributed by atoms with Gasteiger partial charge in [-0.25, -0.2) is 0 Å². The Labute approximate surface area is 113 Å². The third-order valence-electron chi connectivity index (χ3n) is 4.51. The Hall–Kier alpha value is -1.31. The average Bonchev–Trinajstić information content (AvgIpc) is 2.23. The zero-order valence-electron chi connectivity index (χ0n) is 10.7. The Morgan fingerprint density at radius 3 is 2.10 bits per heavy atom. The van der Waals surface area contributed by atoms with Crippen LogP contribution in [-0.2, 0) is 9.59 Å². The number of hydrogen-bond acceptors (Lipinski definition) is 3. The molecule has 2 aliphatic rings. The van der Waals surface area contributed by atoms with E-state index >= 15 is 0 Å². The van der Waals surface area contributed by atoms with Crippen LogP contribution >= 0.6 is 0 Å². The van der Waals surface area contributed by atoms with Crippen molar-refractivity contribution in [2.24, 2.45) is 5.41 Å². The molecule has 1 aliphatic carbocycles.